The van der Waals surface area contributed by atoms with Gasteiger partial charge >= 0.3 is 5.69 Å². The molecule has 10 heteroatoms. The lowest BCUT2D eigenvalue weighted by molar-refractivity contribution is -0.149. The van der Waals surface area contributed by atoms with Crippen LogP contribution in [-0.4, -0.2) is 68.8 Å². The molecule has 1 aromatic rings. The second kappa shape index (κ2) is 8.68. The first-order valence-corrected chi connectivity index (χ1v) is 11.0. The number of aromatic amines is 1. The van der Waals surface area contributed by atoms with Crippen LogP contribution in [0.1, 0.15) is 39.0 Å². The molecular formula is C21H29N5O5. The van der Waals surface area contributed by atoms with Gasteiger partial charge in [-0.1, -0.05) is 6.92 Å². The molecule has 3 fully saturated rings. The van der Waals surface area contributed by atoms with Crippen LogP contribution in [0.5, 0.6) is 0 Å². The predicted molar refractivity (Wildman–Crippen MR) is 111 cm³/mol. The first-order valence-electron chi connectivity index (χ1n) is 11.0. The van der Waals surface area contributed by atoms with Crippen molar-refractivity contribution in [3.63, 3.8) is 0 Å². The Bertz CT molecular complexity index is 981. The van der Waals surface area contributed by atoms with Crippen molar-refractivity contribution in [2.24, 2.45) is 11.8 Å². The molecule has 3 heterocycles. The van der Waals surface area contributed by atoms with Crippen molar-refractivity contribution in [2.75, 3.05) is 19.6 Å². The Morgan fingerprint density at radius 3 is 2.68 bits per heavy atom. The molecule has 2 aliphatic heterocycles. The number of aryl methyl sites for hydroxylation is 1. The van der Waals surface area contributed by atoms with Gasteiger partial charge in [0.15, 0.2) is 0 Å². The van der Waals surface area contributed by atoms with Crippen LogP contribution < -0.4 is 16.6 Å². The molecule has 1 aliphatic carbocycles. The minimum atomic E-state index is -0.567. The van der Waals surface area contributed by atoms with Crippen LogP contribution in [0, 0.1) is 11.8 Å². The lowest BCUT2D eigenvalue weighted by Crippen LogP contribution is -2.57. The Labute approximate surface area is 179 Å². The van der Waals surface area contributed by atoms with E-state index < -0.39 is 11.2 Å². The van der Waals surface area contributed by atoms with Gasteiger partial charge in [0.05, 0.1) is 18.5 Å². The second-order valence-electron chi connectivity index (χ2n) is 8.79. The van der Waals surface area contributed by atoms with Crippen LogP contribution in [0.25, 0.3) is 0 Å². The minimum Gasteiger partial charge on any atom is -0.356 e. The predicted octanol–water partition coefficient (Wildman–Crippen LogP) is -0.709. The van der Waals surface area contributed by atoms with Gasteiger partial charge in [0, 0.05) is 44.4 Å². The molecule has 10 nitrogen and oxygen atoms in total. The highest BCUT2D eigenvalue weighted by Gasteiger charge is 2.49. The van der Waals surface area contributed by atoms with Crippen molar-refractivity contribution in [1.29, 1.82) is 0 Å². The first-order chi connectivity index (χ1) is 14.9. The highest BCUT2D eigenvalue weighted by molar-refractivity contribution is 5.88. The van der Waals surface area contributed by atoms with Crippen LogP contribution in [0.2, 0.25) is 0 Å². The highest BCUT2D eigenvalue weighted by atomic mass is 16.2. The Hall–Kier alpha value is -2.91. The summed E-state index contributed by atoms with van der Waals surface area (Å²) in [6, 6.07) is 0.933. The van der Waals surface area contributed by atoms with E-state index in [4.69, 9.17) is 0 Å². The quantitative estimate of drug-likeness (QED) is 0.590. The van der Waals surface area contributed by atoms with Crippen molar-refractivity contribution < 1.29 is 14.4 Å². The molecule has 0 radical (unpaired) electrons. The normalized spacial score (nSPS) is 25.5. The van der Waals surface area contributed by atoms with E-state index in [-0.39, 0.29) is 55.2 Å². The average Bonchev–Trinajstić information content (AvgIpc) is 3.49. The van der Waals surface area contributed by atoms with Gasteiger partial charge in [-0.3, -0.25) is 24.2 Å². The molecule has 0 spiro atoms. The molecule has 3 aliphatic rings. The molecule has 4 rings (SSSR count). The third-order valence-corrected chi connectivity index (χ3v) is 6.62. The van der Waals surface area contributed by atoms with Crippen LogP contribution in [0.3, 0.4) is 0 Å². The van der Waals surface area contributed by atoms with Crippen molar-refractivity contribution in [3.8, 4) is 0 Å². The summed E-state index contributed by atoms with van der Waals surface area (Å²) in [6.45, 7) is 3.20. The Balaban J connectivity index is 1.38. The van der Waals surface area contributed by atoms with Crippen molar-refractivity contribution in [3.05, 3.63) is 33.1 Å². The van der Waals surface area contributed by atoms with E-state index in [1.807, 2.05) is 11.8 Å². The largest absolute Gasteiger partial charge is 0.356 e. The third-order valence-electron chi connectivity index (χ3n) is 6.62. The maximum atomic E-state index is 12.9. The van der Waals surface area contributed by atoms with E-state index in [1.165, 1.54) is 21.7 Å². The number of aromatic nitrogens is 2. The molecule has 0 unspecified atom stereocenters. The van der Waals surface area contributed by atoms with E-state index in [1.54, 1.807) is 0 Å². The zero-order chi connectivity index (χ0) is 22.1. The summed E-state index contributed by atoms with van der Waals surface area (Å²) in [7, 11) is 0. The summed E-state index contributed by atoms with van der Waals surface area (Å²) in [6.07, 6.45) is 4.99. The maximum absolute atomic E-state index is 12.9. The van der Waals surface area contributed by atoms with Gasteiger partial charge in [-0.15, -0.1) is 0 Å². The number of piperazine rings is 1. The van der Waals surface area contributed by atoms with E-state index in [0.29, 0.717) is 31.8 Å². The number of rotatable bonds is 7. The first kappa shape index (κ1) is 21.3. The zero-order valence-corrected chi connectivity index (χ0v) is 17.7. The van der Waals surface area contributed by atoms with Crippen molar-refractivity contribution in [2.45, 2.75) is 57.7 Å². The summed E-state index contributed by atoms with van der Waals surface area (Å²) in [4.78, 5) is 66.8. The average molecular weight is 431 g/mol. The van der Waals surface area contributed by atoms with Crippen LogP contribution in [0.15, 0.2) is 21.9 Å². The molecule has 3 atom stereocenters. The van der Waals surface area contributed by atoms with Gasteiger partial charge in [-0.05, 0) is 31.6 Å². The molecule has 0 bridgehead atoms. The van der Waals surface area contributed by atoms with Gasteiger partial charge in [-0.25, -0.2) is 4.79 Å². The van der Waals surface area contributed by atoms with Gasteiger partial charge in [0.25, 0.3) is 5.56 Å². The van der Waals surface area contributed by atoms with Gasteiger partial charge in [0.1, 0.15) is 0 Å². The number of carbonyl (C=O) groups is 3. The molecule has 1 aromatic heterocycles. The maximum Gasteiger partial charge on any atom is 0.328 e. The topological polar surface area (TPSA) is 125 Å². The molecule has 0 aromatic carbocycles. The molecule has 2 saturated heterocycles. The summed E-state index contributed by atoms with van der Waals surface area (Å²) in [5, 5.41) is 3.04. The Morgan fingerprint density at radius 1 is 1.23 bits per heavy atom. The molecule has 2 N–H and O–H groups in total. The zero-order valence-electron chi connectivity index (χ0n) is 17.7. The molecular weight excluding hydrogens is 402 g/mol. The number of amides is 3. The van der Waals surface area contributed by atoms with E-state index >= 15 is 0 Å². The fourth-order valence-corrected chi connectivity index (χ4v) is 4.79. The van der Waals surface area contributed by atoms with E-state index in [9.17, 15) is 24.0 Å². The molecule has 31 heavy (non-hydrogen) atoms. The summed E-state index contributed by atoms with van der Waals surface area (Å²) in [5.41, 5.74) is -1.06. The summed E-state index contributed by atoms with van der Waals surface area (Å²) >= 11 is 0. The Kier molecular flexibility index (Phi) is 5.97. The lowest BCUT2D eigenvalue weighted by atomic mass is 9.96. The molecule has 168 valence electrons. The number of nitrogens with one attached hydrogen (secondary N) is 2. The van der Waals surface area contributed by atoms with E-state index in [0.717, 1.165) is 12.8 Å². The highest BCUT2D eigenvalue weighted by Crippen LogP contribution is 2.35. The number of carbonyl (C=O) groups excluding carboxylic acids is 3. The smallest absolute Gasteiger partial charge is 0.328 e. The van der Waals surface area contributed by atoms with E-state index in [2.05, 4.69) is 10.3 Å². The van der Waals surface area contributed by atoms with Crippen molar-refractivity contribution >= 4 is 17.7 Å². The van der Waals surface area contributed by atoms with Gasteiger partial charge < -0.3 is 19.7 Å². The Morgan fingerprint density at radius 2 is 2.00 bits per heavy atom. The monoisotopic (exact) mass is 431 g/mol. The standard InChI is InChI=1S/C21H29N5O5/c1-2-16-15(20(30)22-10-13-3-4-13)9-14-11-25(12-19(29)26(14)16)18(28)6-8-24-7-5-17(27)23-21(24)31/h5,7,13-16H,2-4,6,8-12H2,1H3,(H,22,30)(H,23,27,31)/t14-,15-,16-/m0/s1. The fraction of sp³-hybridized carbons (Fsp3) is 0.667. The number of H-pyrrole nitrogens is 1. The van der Waals surface area contributed by atoms with Crippen LogP contribution in [0.4, 0.5) is 0 Å². The molecule has 3 amide bonds. The number of fused-ring (bicyclic) bond motifs is 1. The van der Waals surface area contributed by atoms with Crippen LogP contribution >= 0.6 is 0 Å². The lowest BCUT2D eigenvalue weighted by Gasteiger charge is -2.39. The second-order valence-corrected chi connectivity index (χ2v) is 8.79. The summed E-state index contributed by atoms with van der Waals surface area (Å²) in [5.74, 6) is 0.0115. The van der Waals surface area contributed by atoms with Gasteiger partial charge in [0.2, 0.25) is 17.7 Å². The number of nitrogens with zero attached hydrogens (tertiary/aromatic N) is 3. The van der Waals surface area contributed by atoms with Crippen molar-refractivity contribution in [1.82, 2.24) is 24.7 Å². The number of hydrogen-bond donors (Lipinski definition) is 2. The fourth-order valence-electron chi connectivity index (χ4n) is 4.79. The van der Waals surface area contributed by atoms with Crippen LogP contribution in [-0.2, 0) is 20.9 Å². The summed E-state index contributed by atoms with van der Waals surface area (Å²) < 4.78 is 1.26. The third kappa shape index (κ3) is 4.57. The molecule has 1 saturated carbocycles. The van der Waals surface area contributed by atoms with Gasteiger partial charge in [-0.2, -0.15) is 0 Å². The minimum absolute atomic E-state index is 0.0104. The SMILES string of the molecule is CC[C@H]1[C@@H](C(=O)NCC2CC2)C[C@H]2CN(C(=O)CCn3ccc(=O)[nH]c3=O)CC(=O)N21. The number of hydrogen-bond acceptors (Lipinski definition) is 5.